The molecular weight excluding hydrogens is 192 g/mol. The smallest absolute Gasteiger partial charge is 0.316 e. The van der Waals surface area contributed by atoms with Gasteiger partial charge in [0.2, 0.25) is 0 Å². The summed E-state index contributed by atoms with van der Waals surface area (Å²) < 4.78 is 4.98. The molecule has 0 unspecified atom stereocenters. The second-order valence-corrected chi connectivity index (χ2v) is 3.81. The third-order valence-electron chi connectivity index (χ3n) is 2.79. The minimum Gasteiger partial charge on any atom is -0.463 e. The summed E-state index contributed by atoms with van der Waals surface area (Å²) in [4.78, 5) is 11.8. The average molecular weight is 206 g/mol. The van der Waals surface area contributed by atoms with Crippen LogP contribution in [0.4, 0.5) is 0 Å². The van der Waals surface area contributed by atoms with Gasteiger partial charge in [0.05, 0.1) is 12.0 Å². The number of ether oxygens (including phenoxy) is 1. The average Bonchev–Trinajstić information content (AvgIpc) is 3.08. The van der Waals surface area contributed by atoms with E-state index in [4.69, 9.17) is 9.84 Å². The highest BCUT2D eigenvalue weighted by molar-refractivity contribution is 5.86. The molecule has 0 aromatic heterocycles. The molecule has 0 radical (unpaired) electrons. The van der Waals surface area contributed by atoms with E-state index in [1.165, 1.54) is 0 Å². The molecule has 1 aliphatic carbocycles. The topological polar surface area (TPSA) is 46.5 Å². The second kappa shape index (κ2) is 4.03. The summed E-state index contributed by atoms with van der Waals surface area (Å²) in [5.41, 5.74) is 0.601. The number of aliphatic hydroxyl groups excluding tert-OH is 1. The van der Waals surface area contributed by atoms with Crippen LogP contribution in [0.3, 0.4) is 0 Å². The molecular formula is C12H14O3. The molecule has 0 aliphatic heterocycles. The molecule has 0 bridgehead atoms. The standard InChI is InChI=1S/C12H14O3/c13-8-9-15-11(14)12(6-7-12)10-4-2-1-3-5-10/h1-5,13H,6-9H2. The van der Waals surface area contributed by atoms with Crippen LogP contribution in [0.15, 0.2) is 30.3 Å². The van der Waals surface area contributed by atoms with Crippen molar-refractivity contribution in [3.63, 3.8) is 0 Å². The van der Waals surface area contributed by atoms with Gasteiger partial charge in [-0.25, -0.2) is 0 Å². The van der Waals surface area contributed by atoms with Crippen molar-refractivity contribution >= 4 is 5.97 Å². The van der Waals surface area contributed by atoms with E-state index in [2.05, 4.69) is 0 Å². The molecule has 15 heavy (non-hydrogen) atoms. The lowest BCUT2D eigenvalue weighted by Gasteiger charge is -2.13. The Hall–Kier alpha value is -1.35. The van der Waals surface area contributed by atoms with Gasteiger partial charge < -0.3 is 9.84 Å². The van der Waals surface area contributed by atoms with E-state index in [1.54, 1.807) is 0 Å². The highest BCUT2D eigenvalue weighted by atomic mass is 16.5. The van der Waals surface area contributed by atoms with Crippen LogP contribution in [-0.2, 0) is 14.9 Å². The van der Waals surface area contributed by atoms with Gasteiger partial charge in [0, 0.05) is 0 Å². The van der Waals surface area contributed by atoms with Crippen LogP contribution in [0.1, 0.15) is 18.4 Å². The fourth-order valence-corrected chi connectivity index (χ4v) is 1.77. The van der Waals surface area contributed by atoms with Crippen molar-refractivity contribution in [1.82, 2.24) is 0 Å². The maximum Gasteiger partial charge on any atom is 0.316 e. The predicted octanol–water partition coefficient (Wildman–Crippen LogP) is 1.25. The Morgan fingerprint density at radius 3 is 2.53 bits per heavy atom. The van der Waals surface area contributed by atoms with Crippen molar-refractivity contribution in [3.05, 3.63) is 35.9 Å². The first kappa shape index (κ1) is 10.2. The second-order valence-electron chi connectivity index (χ2n) is 3.81. The Kier molecular flexibility index (Phi) is 2.73. The zero-order chi connectivity index (χ0) is 10.7. The van der Waals surface area contributed by atoms with Crippen LogP contribution in [-0.4, -0.2) is 24.3 Å². The normalized spacial score (nSPS) is 17.1. The largest absolute Gasteiger partial charge is 0.463 e. The first-order valence-corrected chi connectivity index (χ1v) is 5.13. The van der Waals surface area contributed by atoms with E-state index < -0.39 is 5.41 Å². The number of benzene rings is 1. The fourth-order valence-electron chi connectivity index (χ4n) is 1.77. The molecule has 1 aromatic rings. The van der Waals surface area contributed by atoms with Crippen LogP contribution in [0.2, 0.25) is 0 Å². The lowest BCUT2D eigenvalue weighted by atomic mass is 9.96. The first-order valence-electron chi connectivity index (χ1n) is 5.13. The maximum atomic E-state index is 11.8. The van der Waals surface area contributed by atoms with E-state index >= 15 is 0 Å². The molecule has 1 saturated carbocycles. The summed E-state index contributed by atoms with van der Waals surface area (Å²) in [6.45, 7) is -0.0238. The van der Waals surface area contributed by atoms with E-state index in [0.717, 1.165) is 18.4 Å². The SMILES string of the molecule is O=C(OCCO)C1(c2ccccc2)CC1. The number of carbonyl (C=O) groups excluding carboxylic acids is 1. The molecule has 0 amide bonds. The Morgan fingerprint density at radius 2 is 2.00 bits per heavy atom. The first-order chi connectivity index (χ1) is 7.29. The maximum absolute atomic E-state index is 11.8. The van der Waals surface area contributed by atoms with Gasteiger partial charge in [-0.1, -0.05) is 30.3 Å². The summed E-state index contributed by atoms with van der Waals surface area (Å²) >= 11 is 0. The summed E-state index contributed by atoms with van der Waals surface area (Å²) in [5, 5.41) is 8.59. The van der Waals surface area contributed by atoms with Gasteiger partial charge in [-0.2, -0.15) is 0 Å². The molecule has 1 fully saturated rings. The highest BCUT2D eigenvalue weighted by Gasteiger charge is 2.52. The zero-order valence-electron chi connectivity index (χ0n) is 8.48. The zero-order valence-corrected chi connectivity index (χ0v) is 8.48. The molecule has 3 nitrogen and oxygen atoms in total. The minimum atomic E-state index is -0.420. The number of rotatable bonds is 4. The molecule has 0 saturated heterocycles. The summed E-state index contributed by atoms with van der Waals surface area (Å²) in [6, 6.07) is 9.68. The van der Waals surface area contributed by atoms with Crippen molar-refractivity contribution in [2.24, 2.45) is 0 Å². The van der Waals surface area contributed by atoms with Gasteiger partial charge >= 0.3 is 5.97 Å². The Balaban J connectivity index is 2.11. The fraction of sp³-hybridized carbons (Fsp3) is 0.417. The molecule has 3 heteroatoms. The van der Waals surface area contributed by atoms with Crippen LogP contribution in [0.25, 0.3) is 0 Å². The molecule has 0 spiro atoms. The number of hydrogen-bond donors (Lipinski definition) is 1. The van der Waals surface area contributed by atoms with Gasteiger partial charge in [0.15, 0.2) is 0 Å². The Labute approximate surface area is 88.7 Å². The van der Waals surface area contributed by atoms with Gasteiger partial charge in [-0.15, -0.1) is 0 Å². The van der Waals surface area contributed by atoms with E-state index in [-0.39, 0.29) is 19.2 Å². The van der Waals surface area contributed by atoms with Crippen molar-refractivity contribution in [2.75, 3.05) is 13.2 Å². The van der Waals surface area contributed by atoms with Gasteiger partial charge in [0.25, 0.3) is 0 Å². The Bertz CT molecular complexity index is 341. The number of esters is 1. The summed E-state index contributed by atoms with van der Waals surface area (Å²) in [5.74, 6) is -0.206. The summed E-state index contributed by atoms with van der Waals surface area (Å²) in [7, 11) is 0. The van der Waals surface area contributed by atoms with Crippen molar-refractivity contribution < 1.29 is 14.6 Å². The third kappa shape index (κ3) is 1.88. The molecule has 2 rings (SSSR count). The van der Waals surface area contributed by atoms with Gasteiger partial charge in [0.1, 0.15) is 6.61 Å². The lowest BCUT2D eigenvalue weighted by Crippen LogP contribution is -2.24. The number of carbonyl (C=O) groups is 1. The monoisotopic (exact) mass is 206 g/mol. The number of hydrogen-bond acceptors (Lipinski definition) is 3. The van der Waals surface area contributed by atoms with E-state index in [9.17, 15) is 4.79 Å². The highest BCUT2D eigenvalue weighted by Crippen LogP contribution is 2.49. The quantitative estimate of drug-likeness (QED) is 0.754. The number of aliphatic hydroxyl groups is 1. The van der Waals surface area contributed by atoms with Crippen LogP contribution >= 0.6 is 0 Å². The van der Waals surface area contributed by atoms with Gasteiger partial charge in [-0.05, 0) is 18.4 Å². The van der Waals surface area contributed by atoms with Gasteiger partial charge in [-0.3, -0.25) is 4.79 Å². The van der Waals surface area contributed by atoms with E-state index in [0.29, 0.717) is 0 Å². The van der Waals surface area contributed by atoms with Crippen molar-refractivity contribution in [1.29, 1.82) is 0 Å². The van der Waals surface area contributed by atoms with Crippen molar-refractivity contribution in [3.8, 4) is 0 Å². The molecule has 1 aliphatic rings. The van der Waals surface area contributed by atoms with Crippen LogP contribution < -0.4 is 0 Å². The predicted molar refractivity (Wildman–Crippen MR) is 55.4 cm³/mol. The molecule has 1 N–H and O–H groups in total. The molecule has 0 heterocycles. The molecule has 0 atom stereocenters. The van der Waals surface area contributed by atoms with Crippen molar-refractivity contribution in [2.45, 2.75) is 18.3 Å². The van der Waals surface area contributed by atoms with E-state index in [1.807, 2.05) is 30.3 Å². The molecule has 1 aromatic carbocycles. The lowest BCUT2D eigenvalue weighted by molar-refractivity contribution is -0.147. The van der Waals surface area contributed by atoms with Crippen LogP contribution in [0.5, 0.6) is 0 Å². The molecule has 80 valence electrons. The summed E-state index contributed by atoms with van der Waals surface area (Å²) in [6.07, 6.45) is 1.70. The van der Waals surface area contributed by atoms with Crippen LogP contribution in [0, 0.1) is 0 Å². The Morgan fingerprint density at radius 1 is 1.33 bits per heavy atom. The third-order valence-corrected chi connectivity index (χ3v) is 2.79. The minimum absolute atomic E-state index is 0.0907.